The number of rotatable bonds is 1. The van der Waals surface area contributed by atoms with E-state index < -0.39 is 0 Å². The molecule has 78 valence electrons. The summed E-state index contributed by atoms with van der Waals surface area (Å²) in [5.41, 5.74) is 1.25. The Morgan fingerprint density at radius 1 is 1.00 bits per heavy atom. The van der Waals surface area contributed by atoms with Crippen LogP contribution in [-0.4, -0.2) is 4.98 Å². The molecule has 3 aromatic rings. The Labute approximate surface area is 98.4 Å². The number of hydrogen-bond acceptors (Lipinski definition) is 2. The van der Waals surface area contributed by atoms with Gasteiger partial charge in [-0.1, -0.05) is 36.4 Å². The van der Waals surface area contributed by atoms with Crippen molar-refractivity contribution in [3.05, 3.63) is 53.7 Å². The van der Waals surface area contributed by atoms with Crippen molar-refractivity contribution in [2.45, 2.75) is 6.92 Å². The second-order valence-electron chi connectivity index (χ2n) is 3.81. The standard InChI is InChI=1S/C14H11NS/c1-10-15-9-14(16-10)13-7-6-11-4-2-3-5-12(11)8-13/h2-9H,1H3. The van der Waals surface area contributed by atoms with E-state index in [2.05, 4.69) is 47.4 Å². The van der Waals surface area contributed by atoms with Gasteiger partial charge in [-0.25, -0.2) is 4.98 Å². The maximum Gasteiger partial charge on any atom is 0.0900 e. The predicted octanol–water partition coefficient (Wildman–Crippen LogP) is 4.27. The number of fused-ring (bicyclic) bond motifs is 1. The lowest BCUT2D eigenvalue weighted by Crippen LogP contribution is -1.74. The molecule has 0 radical (unpaired) electrons. The summed E-state index contributed by atoms with van der Waals surface area (Å²) in [5, 5.41) is 3.68. The molecule has 1 nitrogen and oxygen atoms in total. The Morgan fingerprint density at radius 3 is 2.56 bits per heavy atom. The summed E-state index contributed by atoms with van der Waals surface area (Å²) in [5.74, 6) is 0. The lowest BCUT2D eigenvalue weighted by Gasteiger charge is -2.00. The number of aryl methyl sites for hydroxylation is 1. The molecular weight excluding hydrogens is 214 g/mol. The number of nitrogens with zero attached hydrogens (tertiary/aromatic N) is 1. The van der Waals surface area contributed by atoms with E-state index in [0.29, 0.717) is 0 Å². The molecule has 0 atom stereocenters. The largest absolute Gasteiger partial charge is 0.249 e. The first kappa shape index (κ1) is 9.55. The third kappa shape index (κ3) is 1.61. The Morgan fingerprint density at radius 2 is 1.81 bits per heavy atom. The van der Waals surface area contributed by atoms with Gasteiger partial charge in [0.05, 0.1) is 9.88 Å². The summed E-state index contributed by atoms with van der Waals surface area (Å²) in [6.45, 7) is 2.04. The van der Waals surface area contributed by atoms with Crippen LogP contribution in [0.15, 0.2) is 48.7 Å². The van der Waals surface area contributed by atoms with Crippen LogP contribution in [0.25, 0.3) is 21.2 Å². The lowest BCUT2D eigenvalue weighted by atomic mass is 10.1. The molecule has 16 heavy (non-hydrogen) atoms. The van der Waals surface area contributed by atoms with E-state index in [1.54, 1.807) is 11.3 Å². The summed E-state index contributed by atoms with van der Waals surface area (Å²) in [6.07, 6.45) is 1.95. The van der Waals surface area contributed by atoms with Gasteiger partial charge in [0.25, 0.3) is 0 Å². The highest BCUT2D eigenvalue weighted by molar-refractivity contribution is 7.15. The molecule has 0 N–H and O–H groups in total. The van der Waals surface area contributed by atoms with E-state index in [1.165, 1.54) is 21.2 Å². The van der Waals surface area contributed by atoms with E-state index in [0.717, 1.165) is 5.01 Å². The SMILES string of the molecule is Cc1ncc(-c2ccc3ccccc3c2)s1. The molecule has 2 aromatic carbocycles. The zero-order chi connectivity index (χ0) is 11.0. The molecule has 0 fully saturated rings. The van der Waals surface area contributed by atoms with Gasteiger partial charge in [-0.3, -0.25) is 0 Å². The Bertz CT molecular complexity index is 640. The molecule has 1 heterocycles. The quantitative estimate of drug-likeness (QED) is 0.602. The highest BCUT2D eigenvalue weighted by atomic mass is 32.1. The maximum absolute atomic E-state index is 4.29. The first-order valence-electron chi connectivity index (χ1n) is 5.24. The topological polar surface area (TPSA) is 12.9 Å². The molecule has 2 heteroatoms. The van der Waals surface area contributed by atoms with Crippen LogP contribution in [0.3, 0.4) is 0 Å². The first-order chi connectivity index (χ1) is 7.83. The van der Waals surface area contributed by atoms with Gasteiger partial charge in [0.15, 0.2) is 0 Å². The fraction of sp³-hybridized carbons (Fsp3) is 0.0714. The molecule has 0 aliphatic carbocycles. The first-order valence-corrected chi connectivity index (χ1v) is 6.06. The zero-order valence-electron chi connectivity index (χ0n) is 8.97. The molecular formula is C14H11NS. The van der Waals surface area contributed by atoms with E-state index in [9.17, 15) is 0 Å². The van der Waals surface area contributed by atoms with E-state index in [4.69, 9.17) is 0 Å². The minimum absolute atomic E-state index is 1.11. The lowest BCUT2D eigenvalue weighted by molar-refractivity contribution is 1.30. The number of benzene rings is 2. The van der Waals surface area contributed by atoms with Crippen molar-refractivity contribution in [3.63, 3.8) is 0 Å². The third-order valence-electron chi connectivity index (χ3n) is 2.66. The van der Waals surface area contributed by atoms with Crippen molar-refractivity contribution in [3.8, 4) is 10.4 Å². The summed E-state index contributed by atoms with van der Waals surface area (Å²) < 4.78 is 0. The van der Waals surface area contributed by atoms with Gasteiger partial charge in [-0.2, -0.15) is 0 Å². The van der Waals surface area contributed by atoms with Gasteiger partial charge in [0.2, 0.25) is 0 Å². The van der Waals surface area contributed by atoms with E-state index >= 15 is 0 Å². The van der Waals surface area contributed by atoms with Crippen molar-refractivity contribution >= 4 is 22.1 Å². The maximum atomic E-state index is 4.29. The second kappa shape index (κ2) is 3.72. The smallest absolute Gasteiger partial charge is 0.0900 e. The average molecular weight is 225 g/mol. The van der Waals surface area contributed by atoms with Gasteiger partial charge in [-0.05, 0) is 29.3 Å². The normalized spacial score (nSPS) is 10.8. The molecule has 1 aromatic heterocycles. The van der Waals surface area contributed by atoms with Crippen LogP contribution in [0.1, 0.15) is 5.01 Å². The van der Waals surface area contributed by atoms with Crippen LogP contribution in [0.4, 0.5) is 0 Å². The van der Waals surface area contributed by atoms with Gasteiger partial charge < -0.3 is 0 Å². The Balaban J connectivity index is 2.18. The molecule has 0 saturated heterocycles. The Hall–Kier alpha value is -1.67. The van der Waals surface area contributed by atoms with Gasteiger partial charge in [0.1, 0.15) is 0 Å². The highest BCUT2D eigenvalue weighted by Crippen LogP contribution is 2.28. The minimum atomic E-state index is 1.11. The van der Waals surface area contributed by atoms with Crippen molar-refractivity contribution in [1.82, 2.24) is 4.98 Å². The third-order valence-corrected chi connectivity index (χ3v) is 3.62. The predicted molar refractivity (Wildman–Crippen MR) is 69.8 cm³/mol. The Kier molecular flexibility index (Phi) is 2.22. The molecule has 0 amide bonds. The van der Waals surface area contributed by atoms with Crippen LogP contribution in [0.5, 0.6) is 0 Å². The fourth-order valence-electron chi connectivity index (χ4n) is 1.84. The van der Waals surface area contributed by atoms with Crippen molar-refractivity contribution < 1.29 is 0 Å². The minimum Gasteiger partial charge on any atom is -0.249 e. The zero-order valence-corrected chi connectivity index (χ0v) is 9.79. The summed E-state index contributed by atoms with van der Waals surface area (Å²) >= 11 is 1.74. The number of thiazole rings is 1. The van der Waals surface area contributed by atoms with Crippen LogP contribution < -0.4 is 0 Å². The van der Waals surface area contributed by atoms with Crippen LogP contribution in [0, 0.1) is 6.92 Å². The average Bonchev–Trinajstić information content (AvgIpc) is 2.75. The van der Waals surface area contributed by atoms with Crippen LogP contribution in [0.2, 0.25) is 0 Å². The van der Waals surface area contributed by atoms with Crippen molar-refractivity contribution in [2.75, 3.05) is 0 Å². The second-order valence-corrected chi connectivity index (χ2v) is 5.04. The molecule has 0 saturated carbocycles. The number of aromatic nitrogens is 1. The van der Waals surface area contributed by atoms with Crippen LogP contribution in [-0.2, 0) is 0 Å². The summed E-state index contributed by atoms with van der Waals surface area (Å²) in [7, 11) is 0. The van der Waals surface area contributed by atoms with E-state index in [1.807, 2.05) is 13.1 Å². The monoisotopic (exact) mass is 225 g/mol. The highest BCUT2D eigenvalue weighted by Gasteiger charge is 2.02. The summed E-state index contributed by atoms with van der Waals surface area (Å²) in [6, 6.07) is 15.0. The molecule has 0 aliphatic heterocycles. The number of hydrogen-bond donors (Lipinski definition) is 0. The molecule has 0 aliphatic rings. The summed E-state index contributed by atoms with van der Waals surface area (Å²) in [4.78, 5) is 5.53. The van der Waals surface area contributed by atoms with Crippen molar-refractivity contribution in [1.29, 1.82) is 0 Å². The molecule has 3 rings (SSSR count). The van der Waals surface area contributed by atoms with Crippen molar-refractivity contribution in [2.24, 2.45) is 0 Å². The molecule has 0 unspecified atom stereocenters. The molecule has 0 spiro atoms. The van der Waals surface area contributed by atoms with Gasteiger partial charge in [0, 0.05) is 6.20 Å². The van der Waals surface area contributed by atoms with Crippen LogP contribution >= 0.6 is 11.3 Å². The molecule has 0 bridgehead atoms. The van der Waals surface area contributed by atoms with E-state index in [-0.39, 0.29) is 0 Å². The van der Waals surface area contributed by atoms with Gasteiger partial charge >= 0.3 is 0 Å². The van der Waals surface area contributed by atoms with Gasteiger partial charge in [-0.15, -0.1) is 11.3 Å². The fourth-order valence-corrected chi connectivity index (χ4v) is 2.61.